The SMILES string of the molecule is Cc1nnn(C)c1-c1cc2c(cc1F)NC(C)(C)C1OCCC21C. The summed E-state index contributed by atoms with van der Waals surface area (Å²) in [4.78, 5) is 0. The highest BCUT2D eigenvalue weighted by atomic mass is 19.1. The molecule has 1 saturated heterocycles. The van der Waals surface area contributed by atoms with Crippen LogP contribution in [0.15, 0.2) is 12.1 Å². The quantitative estimate of drug-likeness (QED) is 0.872. The van der Waals surface area contributed by atoms with Crippen molar-refractivity contribution in [2.75, 3.05) is 11.9 Å². The van der Waals surface area contributed by atoms with Crippen LogP contribution in [0.25, 0.3) is 11.3 Å². The van der Waals surface area contributed by atoms with Crippen LogP contribution in [-0.2, 0) is 17.2 Å². The van der Waals surface area contributed by atoms with Gasteiger partial charge < -0.3 is 10.1 Å². The Morgan fingerprint density at radius 1 is 1.33 bits per heavy atom. The first-order valence-electron chi connectivity index (χ1n) is 8.34. The standard InChI is InChI=1S/C18H23FN4O/c1-10-15(23(5)22-21-10)11-8-12-14(9-13(11)19)20-17(2,3)16-18(12,4)6-7-24-16/h8-9,16,20H,6-7H2,1-5H3. The van der Waals surface area contributed by atoms with Gasteiger partial charge in [0, 0.05) is 30.3 Å². The lowest BCUT2D eigenvalue weighted by Gasteiger charge is -2.48. The molecule has 0 radical (unpaired) electrons. The summed E-state index contributed by atoms with van der Waals surface area (Å²) in [6.07, 6.45) is 0.991. The van der Waals surface area contributed by atoms with E-state index in [1.807, 2.05) is 13.0 Å². The fourth-order valence-electron chi connectivity index (χ4n) is 4.56. The number of hydrogen-bond donors (Lipinski definition) is 1. The summed E-state index contributed by atoms with van der Waals surface area (Å²) in [6.45, 7) is 9.04. The zero-order chi connectivity index (χ0) is 17.3. The highest BCUT2D eigenvalue weighted by molar-refractivity contribution is 5.71. The predicted octanol–water partition coefficient (Wildman–Crippen LogP) is 3.18. The zero-order valence-corrected chi connectivity index (χ0v) is 14.8. The largest absolute Gasteiger partial charge is 0.377 e. The van der Waals surface area contributed by atoms with E-state index in [4.69, 9.17) is 4.74 Å². The Morgan fingerprint density at radius 2 is 2.08 bits per heavy atom. The van der Waals surface area contributed by atoms with E-state index in [1.165, 1.54) is 0 Å². The van der Waals surface area contributed by atoms with Crippen molar-refractivity contribution in [3.63, 3.8) is 0 Å². The molecular weight excluding hydrogens is 307 g/mol. The Labute approximate surface area is 141 Å². The third kappa shape index (κ3) is 1.95. The summed E-state index contributed by atoms with van der Waals surface area (Å²) >= 11 is 0. The van der Waals surface area contributed by atoms with Crippen LogP contribution in [0.5, 0.6) is 0 Å². The number of ether oxygens (including phenoxy) is 1. The first-order valence-corrected chi connectivity index (χ1v) is 8.34. The number of halogens is 1. The first kappa shape index (κ1) is 15.6. The lowest BCUT2D eigenvalue weighted by Crippen LogP contribution is -2.56. The van der Waals surface area contributed by atoms with E-state index in [2.05, 4.69) is 36.4 Å². The second kappa shape index (κ2) is 4.79. The van der Waals surface area contributed by atoms with Crippen LogP contribution in [0.1, 0.15) is 38.4 Å². The summed E-state index contributed by atoms with van der Waals surface area (Å²) in [5.41, 5.74) is 3.60. The molecule has 1 aromatic heterocycles. The Bertz CT molecular complexity index is 809. The number of fused-ring (bicyclic) bond motifs is 3. The molecule has 24 heavy (non-hydrogen) atoms. The summed E-state index contributed by atoms with van der Waals surface area (Å²) in [5.74, 6) is -0.258. The first-order chi connectivity index (χ1) is 11.2. The number of anilines is 1. The third-order valence-electron chi connectivity index (χ3n) is 5.57. The van der Waals surface area contributed by atoms with Crippen molar-refractivity contribution in [3.8, 4) is 11.3 Å². The van der Waals surface area contributed by atoms with Gasteiger partial charge in [-0.3, -0.25) is 0 Å². The van der Waals surface area contributed by atoms with Crippen molar-refractivity contribution in [2.45, 2.75) is 51.2 Å². The van der Waals surface area contributed by atoms with Gasteiger partial charge in [-0.25, -0.2) is 9.07 Å². The molecular formula is C18H23FN4O. The van der Waals surface area contributed by atoms with Crippen LogP contribution in [0.4, 0.5) is 10.1 Å². The number of benzene rings is 1. The van der Waals surface area contributed by atoms with Gasteiger partial charge in [0.25, 0.3) is 0 Å². The molecule has 6 heteroatoms. The molecule has 2 aliphatic heterocycles. The maximum Gasteiger partial charge on any atom is 0.134 e. The molecule has 128 valence electrons. The minimum atomic E-state index is -0.258. The predicted molar refractivity (Wildman–Crippen MR) is 90.5 cm³/mol. The van der Waals surface area contributed by atoms with Crippen molar-refractivity contribution in [1.29, 1.82) is 0 Å². The van der Waals surface area contributed by atoms with Crippen LogP contribution >= 0.6 is 0 Å². The molecule has 0 bridgehead atoms. The topological polar surface area (TPSA) is 52.0 Å². The molecule has 2 unspecified atom stereocenters. The highest BCUT2D eigenvalue weighted by Crippen LogP contribution is 2.51. The van der Waals surface area contributed by atoms with E-state index < -0.39 is 0 Å². The monoisotopic (exact) mass is 330 g/mol. The number of aryl methyl sites for hydroxylation is 2. The van der Waals surface area contributed by atoms with Gasteiger partial charge in [-0.15, -0.1) is 5.10 Å². The minimum Gasteiger partial charge on any atom is -0.377 e. The summed E-state index contributed by atoms with van der Waals surface area (Å²) in [5, 5.41) is 11.5. The third-order valence-corrected chi connectivity index (χ3v) is 5.57. The van der Waals surface area contributed by atoms with E-state index in [9.17, 15) is 4.39 Å². The van der Waals surface area contributed by atoms with Crippen molar-refractivity contribution < 1.29 is 9.13 Å². The molecule has 2 atom stereocenters. The molecule has 4 rings (SSSR count). The highest BCUT2D eigenvalue weighted by Gasteiger charge is 2.53. The fraction of sp³-hybridized carbons (Fsp3) is 0.556. The number of nitrogens with one attached hydrogen (secondary N) is 1. The van der Waals surface area contributed by atoms with Gasteiger partial charge >= 0.3 is 0 Å². The van der Waals surface area contributed by atoms with Crippen LogP contribution in [0.2, 0.25) is 0 Å². The number of nitrogens with zero attached hydrogens (tertiary/aromatic N) is 3. The number of aromatic nitrogens is 3. The molecule has 1 fully saturated rings. The van der Waals surface area contributed by atoms with E-state index in [-0.39, 0.29) is 22.9 Å². The van der Waals surface area contributed by atoms with Crippen molar-refractivity contribution in [1.82, 2.24) is 15.0 Å². The molecule has 0 aliphatic carbocycles. The molecule has 3 heterocycles. The van der Waals surface area contributed by atoms with Crippen LogP contribution in [0.3, 0.4) is 0 Å². The van der Waals surface area contributed by atoms with Crippen molar-refractivity contribution in [2.24, 2.45) is 7.05 Å². The van der Waals surface area contributed by atoms with Crippen molar-refractivity contribution in [3.05, 3.63) is 29.2 Å². The lowest BCUT2D eigenvalue weighted by atomic mass is 9.67. The maximum atomic E-state index is 14.9. The van der Waals surface area contributed by atoms with Crippen LogP contribution in [-0.4, -0.2) is 33.2 Å². The summed E-state index contributed by atoms with van der Waals surface area (Å²) in [6, 6.07) is 3.57. The Kier molecular flexibility index (Phi) is 3.10. The summed E-state index contributed by atoms with van der Waals surface area (Å²) < 4.78 is 22.6. The minimum absolute atomic E-state index is 0.0570. The van der Waals surface area contributed by atoms with Gasteiger partial charge in [0.05, 0.1) is 23.0 Å². The normalized spacial score (nSPS) is 27.5. The second-order valence-corrected chi connectivity index (χ2v) is 7.79. The Hall–Kier alpha value is -1.95. The summed E-state index contributed by atoms with van der Waals surface area (Å²) in [7, 11) is 1.79. The van der Waals surface area contributed by atoms with Gasteiger partial charge in [-0.2, -0.15) is 0 Å². The molecule has 1 N–H and O–H groups in total. The van der Waals surface area contributed by atoms with Gasteiger partial charge in [-0.05, 0) is 44.9 Å². The smallest absolute Gasteiger partial charge is 0.134 e. The maximum absolute atomic E-state index is 14.9. The molecule has 2 aliphatic rings. The molecule has 0 amide bonds. The van der Waals surface area contributed by atoms with Gasteiger partial charge in [0.2, 0.25) is 0 Å². The fourth-order valence-corrected chi connectivity index (χ4v) is 4.56. The van der Waals surface area contributed by atoms with E-state index >= 15 is 0 Å². The Balaban J connectivity index is 1.95. The van der Waals surface area contributed by atoms with Crippen molar-refractivity contribution >= 4 is 5.69 Å². The number of rotatable bonds is 1. The van der Waals surface area contributed by atoms with E-state index in [0.717, 1.165) is 35.7 Å². The molecule has 0 saturated carbocycles. The van der Waals surface area contributed by atoms with Gasteiger partial charge in [0.15, 0.2) is 0 Å². The number of hydrogen-bond acceptors (Lipinski definition) is 4. The van der Waals surface area contributed by atoms with Gasteiger partial charge in [0.1, 0.15) is 5.82 Å². The van der Waals surface area contributed by atoms with Gasteiger partial charge in [-0.1, -0.05) is 12.1 Å². The zero-order valence-electron chi connectivity index (χ0n) is 14.8. The van der Waals surface area contributed by atoms with E-state index in [1.54, 1.807) is 17.8 Å². The van der Waals surface area contributed by atoms with Crippen LogP contribution in [0, 0.1) is 12.7 Å². The molecule has 5 nitrogen and oxygen atoms in total. The van der Waals surface area contributed by atoms with Crippen LogP contribution < -0.4 is 5.32 Å². The molecule has 0 spiro atoms. The average Bonchev–Trinajstić information content (AvgIpc) is 3.04. The molecule has 1 aromatic carbocycles. The lowest BCUT2D eigenvalue weighted by molar-refractivity contribution is 0.0352. The second-order valence-electron chi connectivity index (χ2n) is 7.79. The Morgan fingerprint density at radius 3 is 2.75 bits per heavy atom. The average molecular weight is 330 g/mol. The molecule has 2 aromatic rings. The van der Waals surface area contributed by atoms with E-state index in [0.29, 0.717) is 5.56 Å².